The fraction of sp³-hybridized carbons (Fsp3) is 0. The number of rotatable bonds is 0. The fourth-order valence-electron chi connectivity index (χ4n) is 0. The van der Waals surface area contributed by atoms with Gasteiger partial charge >= 0.3 is 19.5 Å². The van der Waals surface area contributed by atoms with Crippen molar-refractivity contribution in [2.24, 2.45) is 0 Å². The van der Waals surface area contributed by atoms with E-state index >= 15 is 0 Å². The molecule has 0 saturated heterocycles. The van der Waals surface area contributed by atoms with Crippen LogP contribution in [0, 0.1) is 0 Å². The van der Waals surface area contributed by atoms with Crippen molar-refractivity contribution in [1.82, 2.24) is 0 Å². The van der Waals surface area contributed by atoms with Crippen molar-refractivity contribution < 1.29 is 38.7 Å². The fourth-order valence-corrected chi connectivity index (χ4v) is 0. The Hall–Kier alpha value is 1.28. The second-order valence-corrected chi connectivity index (χ2v) is 1.34. The molecular weight excluding hydrogens is 233 g/mol. The summed E-state index contributed by atoms with van der Waals surface area (Å²) in [7, 11) is -5.39. The van der Waals surface area contributed by atoms with Crippen LogP contribution in [0.25, 0.3) is 0 Å². The van der Waals surface area contributed by atoms with Gasteiger partial charge < -0.3 is 19.2 Å². The minimum absolute atomic E-state index is 0. The van der Waals surface area contributed by atoms with Crippen molar-refractivity contribution in [3.8, 4) is 0 Å². The van der Waals surface area contributed by atoms with Crippen LogP contribution in [0.5, 0.6) is 0 Å². The van der Waals surface area contributed by atoms with Crippen LogP contribution >= 0.6 is 7.82 Å². The maximum atomic E-state index is 8.55. The van der Waals surface area contributed by atoms with Crippen molar-refractivity contribution in [1.29, 1.82) is 0 Å². The van der Waals surface area contributed by atoms with Gasteiger partial charge in [0.15, 0.2) is 0 Å². The van der Waals surface area contributed by atoms with Crippen LogP contribution in [0.15, 0.2) is 0 Å². The van der Waals surface area contributed by atoms with E-state index in [1.807, 2.05) is 0 Å². The summed E-state index contributed by atoms with van der Waals surface area (Å²) >= 11 is 0. The zero-order valence-corrected chi connectivity index (χ0v) is 9.25. The van der Waals surface area contributed by atoms with Crippen LogP contribution in [0.1, 0.15) is 0 Å². The zero-order chi connectivity index (χ0) is 4.50. The maximum absolute atomic E-state index is 8.55. The molecule has 0 aliphatic heterocycles. The predicted molar refractivity (Wildman–Crippen MR) is 13.4 cm³/mol. The molecule has 4 nitrogen and oxygen atoms in total. The molecule has 0 aliphatic carbocycles. The molecular formula is GeO4PZn-. The Morgan fingerprint density at radius 1 is 1.14 bits per heavy atom. The monoisotopic (exact) mass is 233 g/mol. The van der Waals surface area contributed by atoms with Crippen molar-refractivity contribution in [2.75, 3.05) is 0 Å². The first-order valence-corrected chi connectivity index (χ1v) is 2.19. The van der Waals surface area contributed by atoms with E-state index in [9.17, 15) is 0 Å². The van der Waals surface area contributed by atoms with Gasteiger partial charge in [-0.1, -0.05) is 0 Å². The normalized spacial score (nSPS) is 8.43. The zero-order valence-electron chi connectivity index (χ0n) is 3.29. The molecule has 0 bridgehead atoms. The average Bonchev–Trinajstić information content (AvgIpc) is 0.722. The van der Waals surface area contributed by atoms with E-state index in [-0.39, 0.29) is 37.1 Å². The summed E-state index contributed by atoms with van der Waals surface area (Å²) in [4.78, 5) is 25.6. The molecule has 0 saturated carbocycles. The Labute approximate surface area is 64.3 Å². The standard InChI is InChI=1S/Ge.H3O4P.Zn/c;1-5(2,3)4;/h;(H3,1,2,3,4);/q;;+2/p-3. The maximum Gasteiger partial charge on any atom is 2.00 e. The molecule has 0 heterocycles. The van der Waals surface area contributed by atoms with Crippen LogP contribution in [-0.4, -0.2) is 17.6 Å². The Morgan fingerprint density at radius 3 is 1.14 bits per heavy atom. The largest absolute Gasteiger partial charge is 2.00 e. The van der Waals surface area contributed by atoms with E-state index in [2.05, 4.69) is 0 Å². The van der Waals surface area contributed by atoms with Gasteiger partial charge in [0.05, 0.1) is 0 Å². The van der Waals surface area contributed by atoms with E-state index in [0.717, 1.165) is 0 Å². The van der Waals surface area contributed by atoms with Crippen molar-refractivity contribution >= 4 is 25.4 Å². The van der Waals surface area contributed by atoms with E-state index in [0.29, 0.717) is 0 Å². The molecule has 7 heteroatoms. The second-order valence-electron chi connectivity index (χ2n) is 0.447. The predicted octanol–water partition coefficient (Wildman–Crippen LogP) is -3.21. The van der Waals surface area contributed by atoms with Crippen molar-refractivity contribution in [3.63, 3.8) is 0 Å². The molecule has 0 amide bonds. The van der Waals surface area contributed by atoms with Crippen LogP contribution in [0.2, 0.25) is 0 Å². The third-order valence-electron chi connectivity index (χ3n) is 0. The van der Waals surface area contributed by atoms with Gasteiger partial charge in [-0.3, -0.25) is 0 Å². The number of hydrogen-bond acceptors (Lipinski definition) is 4. The smallest absolute Gasteiger partial charge is 0.822 e. The molecule has 0 rings (SSSR count). The van der Waals surface area contributed by atoms with Gasteiger partial charge in [-0.2, -0.15) is 7.82 Å². The minimum atomic E-state index is -5.39. The Kier molecular flexibility index (Phi) is 12.2. The number of hydrogen-bond donors (Lipinski definition) is 0. The average molecular weight is 233 g/mol. The van der Waals surface area contributed by atoms with Crippen LogP contribution < -0.4 is 14.7 Å². The Morgan fingerprint density at radius 2 is 1.14 bits per heavy atom. The minimum Gasteiger partial charge on any atom is -0.822 e. The van der Waals surface area contributed by atoms with E-state index < -0.39 is 7.82 Å². The Bertz CT molecular complexity index is 57.8. The van der Waals surface area contributed by atoms with E-state index in [1.54, 1.807) is 0 Å². The molecule has 0 unspecified atom stereocenters. The molecule has 0 spiro atoms. The second kappa shape index (κ2) is 5.41. The summed E-state index contributed by atoms with van der Waals surface area (Å²) < 4.78 is 8.55. The molecule has 4 radical (unpaired) electrons. The van der Waals surface area contributed by atoms with E-state index in [4.69, 9.17) is 19.2 Å². The van der Waals surface area contributed by atoms with Gasteiger partial charge in [-0.15, -0.1) is 0 Å². The van der Waals surface area contributed by atoms with Gasteiger partial charge in [-0.05, 0) is 0 Å². The molecule has 0 atom stereocenters. The molecule has 0 aromatic carbocycles. The number of phosphoric acid groups is 1. The molecule has 0 aromatic heterocycles. The van der Waals surface area contributed by atoms with Crippen LogP contribution in [-0.2, 0) is 24.0 Å². The van der Waals surface area contributed by atoms with Gasteiger partial charge in [0.2, 0.25) is 0 Å². The summed E-state index contributed by atoms with van der Waals surface area (Å²) in [6.45, 7) is 0. The van der Waals surface area contributed by atoms with Gasteiger partial charge in [0.1, 0.15) is 0 Å². The van der Waals surface area contributed by atoms with Crippen LogP contribution in [0.4, 0.5) is 0 Å². The Balaban J connectivity index is -0.0000000800. The topological polar surface area (TPSA) is 86.2 Å². The molecule has 0 fully saturated rings. The SMILES string of the molecule is O=P([O-])([O-])[O-].[Ge].[Zn+2]. The molecule has 0 aromatic rings. The molecule has 36 valence electrons. The summed E-state index contributed by atoms with van der Waals surface area (Å²) in [6, 6.07) is 0. The van der Waals surface area contributed by atoms with Crippen molar-refractivity contribution in [2.45, 2.75) is 0 Å². The quantitative estimate of drug-likeness (QED) is 0.325. The first-order valence-electron chi connectivity index (χ1n) is 0.730. The van der Waals surface area contributed by atoms with Gasteiger partial charge in [0.25, 0.3) is 0 Å². The van der Waals surface area contributed by atoms with Crippen LogP contribution in [0.3, 0.4) is 0 Å². The summed E-state index contributed by atoms with van der Waals surface area (Å²) in [5, 5.41) is 0. The first-order chi connectivity index (χ1) is 2.00. The third-order valence-corrected chi connectivity index (χ3v) is 0. The summed E-state index contributed by atoms with van der Waals surface area (Å²) in [6.07, 6.45) is 0. The van der Waals surface area contributed by atoms with Gasteiger partial charge in [-0.25, -0.2) is 0 Å². The first kappa shape index (κ1) is 15.7. The third kappa shape index (κ3) is 124. The van der Waals surface area contributed by atoms with Crippen molar-refractivity contribution in [3.05, 3.63) is 0 Å². The van der Waals surface area contributed by atoms with E-state index in [1.165, 1.54) is 0 Å². The summed E-state index contributed by atoms with van der Waals surface area (Å²) in [5.41, 5.74) is 0. The molecule has 0 aliphatic rings. The van der Waals surface area contributed by atoms with Gasteiger partial charge in [0, 0.05) is 17.6 Å². The molecule has 0 N–H and O–H groups in total. The summed E-state index contributed by atoms with van der Waals surface area (Å²) in [5.74, 6) is 0. The molecule has 7 heavy (non-hydrogen) atoms.